The van der Waals surface area contributed by atoms with Crippen molar-refractivity contribution in [2.24, 2.45) is 0 Å². The molecule has 0 fully saturated rings. The molecule has 0 aliphatic heterocycles. The third kappa shape index (κ3) is 1.75. The Labute approximate surface area is 84.8 Å². The maximum absolute atomic E-state index is 13.2. The van der Waals surface area contributed by atoms with Crippen molar-refractivity contribution in [3.8, 4) is 0 Å². The molecule has 1 aromatic carbocycles. The molecule has 4 heteroatoms. The number of halogens is 2. The maximum Gasteiger partial charge on any atom is 0.328 e. The highest BCUT2D eigenvalue weighted by Crippen LogP contribution is 2.34. The third-order valence-electron chi connectivity index (χ3n) is 2.45. The monoisotopic (exact) mass is 210 g/mol. The van der Waals surface area contributed by atoms with Crippen molar-refractivity contribution >= 4 is 11.5 Å². The lowest BCUT2D eigenvalue weighted by Crippen LogP contribution is -1.92. The topological polar surface area (TPSA) is 37.3 Å². The molecule has 0 bridgehead atoms. The summed E-state index contributed by atoms with van der Waals surface area (Å²) in [4.78, 5) is 10.5. The maximum atomic E-state index is 13.2. The van der Waals surface area contributed by atoms with E-state index < -0.39 is 17.6 Å². The molecule has 0 heterocycles. The summed E-state index contributed by atoms with van der Waals surface area (Å²) in [5.74, 6) is -2.37. The van der Waals surface area contributed by atoms with Crippen LogP contribution in [0.1, 0.15) is 17.5 Å². The van der Waals surface area contributed by atoms with Crippen molar-refractivity contribution in [2.45, 2.75) is 12.8 Å². The molecule has 0 saturated heterocycles. The standard InChI is InChI=1S/C11H8F2O2/c12-7-4-9-6(3-11(14)15)1-2-8(9)10(13)5-7/h3-5H,1-2H2,(H,14,15)/b6-3-. The number of aliphatic carboxylic acids is 1. The second kappa shape index (κ2) is 3.46. The van der Waals surface area contributed by atoms with Gasteiger partial charge in [-0.1, -0.05) is 0 Å². The number of fused-ring (bicyclic) bond motifs is 1. The van der Waals surface area contributed by atoms with Crippen LogP contribution in [0.15, 0.2) is 18.2 Å². The number of carboxylic acids is 1. The number of hydrogen-bond donors (Lipinski definition) is 1. The molecule has 0 atom stereocenters. The molecule has 78 valence electrons. The molecule has 2 nitrogen and oxygen atoms in total. The Morgan fingerprint density at radius 2 is 2.07 bits per heavy atom. The van der Waals surface area contributed by atoms with Crippen LogP contribution in [0.5, 0.6) is 0 Å². The quantitative estimate of drug-likeness (QED) is 0.722. The van der Waals surface area contributed by atoms with Gasteiger partial charge in [-0.05, 0) is 35.6 Å². The molecular weight excluding hydrogens is 202 g/mol. The first kappa shape index (κ1) is 9.83. The summed E-state index contributed by atoms with van der Waals surface area (Å²) >= 11 is 0. The molecule has 0 unspecified atom stereocenters. The summed E-state index contributed by atoms with van der Waals surface area (Å²) < 4.78 is 26.2. The molecule has 2 rings (SSSR count). The molecule has 1 aliphatic rings. The first-order chi connectivity index (χ1) is 7.08. The molecule has 1 aromatic rings. The average molecular weight is 210 g/mol. The fraction of sp³-hybridized carbons (Fsp3) is 0.182. The minimum absolute atomic E-state index is 0.384. The first-order valence-electron chi connectivity index (χ1n) is 4.49. The number of benzene rings is 1. The lowest BCUT2D eigenvalue weighted by atomic mass is 10.1. The van der Waals surface area contributed by atoms with Gasteiger partial charge in [-0.3, -0.25) is 0 Å². The first-order valence-corrected chi connectivity index (χ1v) is 4.49. The van der Waals surface area contributed by atoms with Gasteiger partial charge in [0, 0.05) is 12.1 Å². The predicted octanol–water partition coefficient (Wildman–Crippen LogP) is 2.38. The number of rotatable bonds is 1. The molecule has 0 spiro atoms. The van der Waals surface area contributed by atoms with Gasteiger partial charge >= 0.3 is 5.97 Å². The minimum atomic E-state index is -1.09. The Balaban J connectivity index is 2.55. The normalized spacial score (nSPS) is 16.8. The zero-order chi connectivity index (χ0) is 11.0. The fourth-order valence-corrected chi connectivity index (χ4v) is 1.84. The Morgan fingerprint density at radius 1 is 1.33 bits per heavy atom. The average Bonchev–Trinajstić information content (AvgIpc) is 2.48. The second-order valence-electron chi connectivity index (χ2n) is 3.42. The summed E-state index contributed by atoms with van der Waals surface area (Å²) in [5.41, 5.74) is 1.27. The predicted molar refractivity (Wildman–Crippen MR) is 50.3 cm³/mol. The molecule has 1 N–H and O–H groups in total. The lowest BCUT2D eigenvalue weighted by molar-refractivity contribution is -0.131. The van der Waals surface area contributed by atoms with Gasteiger partial charge in [0.1, 0.15) is 11.6 Å². The van der Waals surface area contributed by atoms with Crippen molar-refractivity contribution < 1.29 is 18.7 Å². The van der Waals surface area contributed by atoms with E-state index in [0.29, 0.717) is 29.5 Å². The Bertz CT molecular complexity index is 464. The molecular formula is C11H8F2O2. The van der Waals surface area contributed by atoms with Crippen LogP contribution in [-0.4, -0.2) is 11.1 Å². The van der Waals surface area contributed by atoms with Gasteiger partial charge in [0.25, 0.3) is 0 Å². The van der Waals surface area contributed by atoms with Gasteiger partial charge in [-0.15, -0.1) is 0 Å². The molecule has 0 saturated carbocycles. The number of hydrogen-bond acceptors (Lipinski definition) is 1. The van der Waals surface area contributed by atoms with E-state index in [4.69, 9.17) is 5.11 Å². The zero-order valence-corrected chi connectivity index (χ0v) is 7.76. The van der Waals surface area contributed by atoms with Crippen molar-refractivity contribution in [3.63, 3.8) is 0 Å². The van der Waals surface area contributed by atoms with Crippen molar-refractivity contribution in [3.05, 3.63) is 41.0 Å². The fourth-order valence-electron chi connectivity index (χ4n) is 1.84. The van der Waals surface area contributed by atoms with Crippen LogP contribution >= 0.6 is 0 Å². The van der Waals surface area contributed by atoms with Gasteiger partial charge in [0.05, 0.1) is 0 Å². The minimum Gasteiger partial charge on any atom is -0.478 e. The highest BCUT2D eigenvalue weighted by Gasteiger charge is 2.21. The van der Waals surface area contributed by atoms with Crippen molar-refractivity contribution in [1.82, 2.24) is 0 Å². The van der Waals surface area contributed by atoms with E-state index in [1.807, 2.05) is 0 Å². The van der Waals surface area contributed by atoms with Gasteiger partial charge in [0.15, 0.2) is 0 Å². The van der Waals surface area contributed by atoms with E-state index >= 15 is 0 Å². The summed E-state index contributed by atoms with van der Waals surface area (Å²) in [6.07, 6.45) is 1.88. The summed E-state index contributed by atoms with van der Waals surface area (Å²) in [6.45, 7) is 0. The largest absolute Gasteiger partial charge is 0.478 e. The van der Waals surface area contributed by atoms with E-state index in [9.17, 15) is 13.6 Å². The zero-order valence-electron chi connectivity index (χ0n) is 7.76. The SMILES string of the molecule is O=C(O)/C=C1/CCc2c(F)cc(F)cc21. The number of carboxylic acid groups (broad SMARTS) is 1. The Morgan fingerprint density at radius 3 is 2.73 bits per heavy atom. The van der Waals surface area contributed by atoms with E-state index in [-0.39, 0.29) is 0 Å². The molecule has 1 aliphatic carbocycles. The van der Waals surface area contributed by atoms with Crippen LogP contribution in [0.4, 0.5) is 8.78 Å². The third-order valence-corrected chi connectivity index (χ3v) is 2.45. The molecule has 0 aromatic heterocycles. The molecule has 0 radical (unpaired) electrons. The van der Waals surface area contributed by atoms with Crippen LogP contribution in [0, 0.1) is 11.6 Å². The van der Waals surface area contributed by atoms with E-state index in [2.05, 4.69) is 0 Å². The van der Waals surface area contributed by atoms with Gasteiger partial charge < -0.3 is 5.11 Å². The van der Waals surface area contributed by atoms with Crippen LogP contribution in [0.2, 0.25) is 0 Å². The van der Waals surface area contributed by atoms with Crippen LogP contribution in [0.3, 0.4) is 0 Å². The number of carbonyl (C=O) groups is 1. The van der Waals surface area contributed by atoms with E-state index in [1.165, 1.54) is 6.07 Å². The molecule has 0 amide bonds. The summed E-state index contributed by atoms with van der Waals surface area (Å²) in [5, 5.41) is 8.57. The molecule has 15 heavy (non-hydrogen) atoms. The van der Waals surface area contributed by atoms with E-state index in [1.54, 1.807) is 0 Å². The van der Waals surface area contributed by atoms with Crippen LogP contribution in [-0.2, 0) is 11.2 Å². The highest BCUT2D eigenvalue weighted by molar-refractivity contribution is 5.91. The van der Waals surface area contributed by atoms with Gasteiger partial charge in [-0.2, -0.15) is 0 Å². The van der Waals surface area contributed by atoms with Crippen LogP contribution < -0.4 is 0 Å². The van der Waals surface area contributed by atoms with Gasteiger partial charge in [0.2, 0.25) is 0 Å². The van der Waals surface area contributed by atoms with Crippen LogP contribution in [0.25, 0.3) is 5.57 Å². The van der Waals surface area contributed by atoms with Crippen molar-refractivity contribution in [2.75, 3.05) is 0 Å². The lowest BCUT2D eigenvalue weighted by Gasteiger charge is -2.01. The smallest absolute Gasteiger partial charge is 0.328 e. The summed E-state index contributed by atoms with van der Waals surface area (Å²) in [7, 11) is 0. The van der Waals surface area contributed by atoms with Gasteiger partial charge in [-0.25, -0.2) is 13.6 Å². The number of allylic oxidation sites excluding steroid dienone is 1. The highest BCUT2D eigenvalue weighted by atomic mass is 19.1. The second-order valence-corrected chi connectivity index (χ2v) is 3.42. The Kier molecular flexibility index (Phi) is 2.26. The Hall–Kier alpha value is -1.71. The van der Waals surface area contributed by atoms with E-state index in [0.717, 1.165) is 12.1 Å². The summed E-state index contributed by atoms with van der Waals surface area (Å²) in [6, 6.07) is 2.00. The van der Waals surface area contributed by atoms with Crippen molar-refractivity contribution in [1.29, 1.82) is 0 Å².